The van der Waals surface area contributed by atoms with Gasteiger partial charge in [-0.05, 0) is 42.5 Å². The zero-order valence-electron chi connectivity index (χ0n) is 16.0. The van der Waals surface area contributed by atoms with Crippen molar-refractivity contribution in [2.75, 3.05) is 5.32 Å². The minimum atomic E-state index is -3.20. The van der Waals surface area contributed by atoms with Gasteiger partial charge in [0.15, 0.2) is 6.23 Å². The van der Waals surface area contributed by atoms with Crippen LogP contribution in [0.2, 0.25) is 0 Å². The van der Waals surface area contributed by atoms with Gasteiger partial charge in [0.25, 0.3) is 0 Å². The molecule has 0 bridgehead atoms. The predicted octanol–water partition coefficient (Wildman–Crippen LogP) is 3.02. The molecule has 0 radical (unpaired) electrons. The monoisotopic (exact) mass is 405 g/mol. The molecule has 9 heteroatoms. The molecular weight excluding hydrogens is 381 g/mol. The summed E-state index contributed by atoms with van der Waals surface area (Å²) in [4.78, 5) is 0.380. The zero-order valence-corrected chi connectivity index (χ0v) is 16.8. The summed E-state index contributed by atoms with van der Waals surface area (Å²) >= 11 is 0. The van der Waals surface area contributed by atoms with E-state index in [0.29, 0.717) is 34.7 Å². The van der Waals surface area contributed by atoms with Gasteiger partial charge in [0.05, 0.1) is 16.2 Å². The van der Waals surface area contributed by atoms with Crippen LogP contribution in [0.25, 0.3) is 0 Å². The standard InChI is InChI=1S/C19H24FN5O2S/c1-11(2)16-7-5-14-17(28(22,27)24-16)10-25(3)18(14)19(26)23-13-4-6-15(20)12(8-13)9-21/h4,6,8,10-11,16,19,23,26H,5,7H2,1-3H3,(H2,22,24,27)/t16-,19?,28?/m1/s1. The molecule has 2 unspecified atom stereocenters. The Kier molecular flexibility index (Phi) is 5.48. The van der Waals surface area contributed by atoms with Crippen molar-refractivity contribution in [1.29, 1.82) is 10.0 Å². The average Bonchev–Trinajstić information content (AvgIpc) is 2.90. The van der Waals surface area contributed by atoms with E-state index in [2.05, 4.69) is 10.0 Å². The van der Waals surface area contributed by atoms with Crippen LogP contribution in [0, 0.1) is 27.8 Å². The number of aliphatic hydroxyl groups excluding tert-OH is 1. The van der Waals surface area contributed by atoms with Crippen LogP contribution in [0.4, 0.5) is 10.1 Å². The molecule has 0 saturated heterocycles. The summed E-state index contributed by atoms with van der Waals surface area (Å²) in [6, 6.07) is 5.63. The number of halogens is 1. The molecule has 1 aliphatic rings. The number of nitriles is 1. The molecule has 0 fully saturated rings. The van der Waals surface area contributed by atoms with Crippen molar-refractivity contribution in [1.82, 2.24) is 9.29 Å². The van der Waals surface area contributed by atoms with E-state index in [9.17, 15) is 13.7 Å². The fourth-order valence-electron chi connectivity index (χ4n) is 3.55. The van der Waals surface area contributed by atoms with Gasteiger partial charge in [-0.15, -0.1) is 0 Å². The Morgan fingerprint density at radius 3 is 2.86 bits per heavy atom. The van der Waals surface area contributed by atoms with Crippen molar-refractivity contribution in [2.45, 2.75) is 43.9 Å². The second kappa shape index (κ2) is 7.54. The first-order chi connectivity index (χ1) is 13.1. The molecule has 3 atom stereocenters. The van der Waals surface area contributed by atoms with Crippen molar-refractivity contribution < 1.29 is 13.7 Å². The van der Waals surface area contributed by atoms with Gasteiger partial charge in [0, 0.05) is 25.0 Å². The molecule has 0 aliphatic carbocycles. The van der Waals surface area contributed by atoms with Crippen molar-refractivity contribution in [3.63, 3.8) is 0 Å². The first kappa shape index (κ1) is 20.3. The number of nitrogens with one attached hydrogen (secondary N) is 3. The number of aromatic nitrogens is 1. The van der Waals surface area contributed by atoms with E-state index in [-0.39, 0.29) is 17.5 Å². The molecule has 0 saturated carbocycles. The first-order valence-corrected chi connectivity index (χ1v) is 10.6. The van der Waals surface area contributed by atoms with Crippen LogP contribution < -0.4 is 10.0 Å². The minimum absolute atomic E-state index is 0.0593. The van der Waals surface area contributed by atoms with E-state index in [0.717, 1.165) is 6.07 Å². The van der Waals surface area contributed by atoms with Gasteiger partial charge in [-0.25, -0.2) is 18.1 Å². The summed E-state index contributed by atoms with van der Waals surface area (Å²) in [6.07, 6.45) is 1.71. The average molecular weight is 405 g/mol. The van der Waals surface area contributed by atoms with Crippen molar-refractivity contribution in [3.8, 4) is 6.07 Å². The van der Waals surface area contributed by atoms with E-state index in [1.807, 2.05) is 13.8 Å². The summed E-state index contributed by atoms with van der Waals surface area (Å²) in [6.45, 7) is 4.03. The van der Waals surface area contributed by atoms with Gasteiger partial charge >= 0.3 is 0 Å². The Balaban J connectivity index is 1.96. The molecule has 1 aromatic heterocycles. The van der Waals surface area contributed by atoms with E-state index < -0.39 is 22.0 Å². The Hall–Kier alpha value is -2.41. The van der Waals surface area contributed by atoms with Gasteiger partial charge in [0.1, 0.15) is 21.8 Å². The number of aliphatic hydroxyl groups is 1. The number of benzene rings is 1. The summed E-state index contributed by atoms with van der Waals surface area (Å²) in [5, 5.41) is 22.6. The lowest BCUT2D eigenvalue weighted by Crippen LogP contribution is -2.36. The first-order valence-electron chi connectivity index (χ1n) is 9.02. The number of hydrogen-bond donors (Lipinski definition) is 4. The van der Waals surface area contributed by atoms with E-state index in [4.69, 9.17) is 10.0 Å². The number of anilines is 1. The number of aryl methyl sites for hydroxylation is 1. The van der Waals surface area contributed by atoms with Crippen LogP contribution in [-0.2, 0) is 23.4 Å². The Morgan fingerprint density at radius 2 is 2.21 bits per heavy atom. The Morgan fingerprint density at radius 1 is 1.50 bits per heavy atom. The van der Waals surface area contributed by atoms with E-state index in [1.54, 1.807) is 23.9 Å². The third-order valence-corrected chi connectivity index (χ3v) is 6.69. The van der Waals surface area contributed by atoms with Gasteiger partial charge in [0.2, 0.25) is 0 Å². The number of fused-ring (bicyclic) bond motifs is 1. The molecule has 2 aromatic rings. The van der Waals surface area contributed by atoms with Gasteiger partial charge in [-0.1, -0.05) is 13.8 Å². The van der Waals surface area contributed by atoms with Gasteiger partial charge < -0.3 is 15.0 Å². The second-order valence-corrected chi connectivity index (χ2v) is 9.17. The van der Waals surface area contributed by atoms with Crippen LogP contribution >= 0.6 is 0 Å². The fourth-order valence-corrected chi connectivity index (χ4v) is 5.35. The molecule has 1 aromatic carbocycles. The Bertz CT molecular complexity index is 1040. The molecule has 0 amide bonds. The predicted molar refractivity (Wildman–Crippen MR) is 104 cm³/mol. The maximum Gasteiger partial charge on any atom is 0.166 e. The minimum Gasteiger partial charge on any atom is -0.368 e. The van der Waals surface area contributed by atoms with E-state index in [1.165, 1.54) is 12.1 Å². The van der Waals surface area contributed by atoms with Gasteiger partial charge in [-0.3, -0.25) is 0 Å². The molecule has 2 heterocycles. The maximum absolute atomic E-state index is 13.5. The van der Waals surface area contributed by atoms with Crippen LogP contribution in [0.15, 0.2) is 29.3 Å². The normalized spacial score (nSPS) is 23.0. The molecule has 28 heavy (non-hydrogen) atoms. The molecule has 7 nitrogen and oxygen atoms in total. The third-order valence-electron chi connectivity index (χ3n) is 5.08. The quantitative estimate of drug-likeness (QED) is 0.586. The largest absolute Gasteiger partial charge is 0.368 e. The molecular formula is C19H24FN5O2S. The summed E-state index contributed by atoms with van der Waals surface area (Å²) < 4.78 is 39.5. The second-order valence-electron chi connectivity index (χ2n) is 7.38. The SMILES string of the molecule is CC(C)[C@H]1CCc2c(cn(C)c2C(O)Nc2ccc(F)c(C#N)c2)S(=N)(=O)N1. The molecule has 0 spiro atoms. The van der Waals surface area contributed by atoms with Crippen LogP contribution in [-0.4, -0.2) is 19.9 Å². The van der Waals surface area contributed by atoms with Crippen LogP contribution in [0.3, 0.4) is 0 Å². The smallest absolute Gasteiger partial charge is 0.166 e. The lowest BCUT2D eigenvalue weighted by Gasteiger charge is -2.21. The van der Waals surface area contributed by atoms with Crippen molar-refractivity contribution >= 4 is 15.6 Å². The Labute approximate surface area is 164 Å². The number of hydrogen-bond acceptors (Lipinski definition) is 5. The fraction of sp³-hybridized carbons (Fsp3) is 0.421. The van der Waals surface area contributed by atoms with Crippen LogP contribution in [0.5, 0.6) is 0 Å². The lowest BCUT2D eigenvalue weighted by atomic mass is 9.97. The summed E-state index contributed by atoms with van der Waals surface area (Å²) in [5.41, 5.74) is 1.45. The summed E-state index contributed by atoms with van der Waals surface area (Å²) in [7, 11) is -1.48. The number of rotatable bonds is 4. The topological polar surface area (TPSA) is 114 Å². The highest BCUT2D eigenvalue weighted by Gasteiger charge is 2.31. The van der Waals surface area contributed by atoms with E-state index >= 15 is 0 Å². The van der Waals surface area contributed by atoms with Crippen molar-refractivity contribution in [2.24, 2.45) is 13.0 Å². The molecule has 3 rings (SSSR count). The molecule has 1 aliphatic heterocycles. The molecule has 4 N–H and O–H groups in total. The van der Waals surface area contributed by atoms with Crippen LogP contribution in [0.1, 0.15) is 43.3 Å². The summed E-state index contributed by atoms with van der Waals surface area (Å²) in [5.74, 6) is -0.408. The highest BCUT2D eigenvalue weighted by molar-refractivity contribution is 7.90. The highest BCUT2D eigenvalue weighted by atomic mass is 32.2. The number of nitrogens with zero attached hydrogens (tertiary/aromatic N) is 2. The highest BCUT2D eigenvalue weighted by Crippen LogP contribution is 2.32. The molecule has 150 valence electrons. The van der Waals surface area contributed by atoms with Crippen molar-refractivity contribution in [3.05, 3.63) is 47.0 Å². The third kappa shape index (κ3) is 3.76. The maximum atomic E-state index is 13.5. The van der Waals surface area contributed by atoms with Gasteiger partial charge in [-0.2, -0.15) is 5.26 Å². The lowest BCUT2D eigenvalue weighted by molar-refractivity contribution is 0.198. The zero-order chi connectivity index (χ0) is 20.6.